The molecule has 0 saturated heterocycles. The molecule has 40 heavy (non-hydrogen) atoms. The van der Waals surface area contributed by atoms with Gasteiger partial charge in [-0.15, -0.1) is 0 Å². The molecule has 0 N–H and O–H groups in total. The van der Waals surface area contributed by atoms with Crippen LogP contribution in [0.3, 0.4) is 0 Å². The second-order valence-electron chi connectivity index (χ2n) is 11.0. The Morgan fingerprint density at radius 1 is 0.850 bits per heavy atom. The van der Waals surface area contributed by atoms with Crippen molar-refractivity contribution < 1.29 is 9.59 Å². The van der Waals surface area contributed by atoms with Crippen molar-refractivity contribution in [1.82, 2.24) is 14.8 Å². The van der Waals surface area contributed by atoms with Crippen LogP contribution in [0.15, 0.2) is 73.1 Å². The fourth-order valence-corrected chi connectivity index (χ4v) is 5.64. The van der Waals surface area contributed by atoms with Crippen molar-refractivity contribution in [2.75, 3.05) is 31.1 Å². The summed E-state index contributed by atoms with van der Waals surface area (Å²) in [7, 11) is 0. The van der Waals surface area contributed by atoms with Gasteiger partial charge in [0.05, 0.1) is 0 Å². The topological polar surface area (TPSA) is 56.8 Å². The van der Waals surface area contributed by atoms with Crippen LogP contribution in [0.1, 0.15) is 55.2 Å². The van der Waals surface area contributed by atoms with Crippen molar-refractivity contribution in [3.63, 3.8) is 0 Å². The molecule has 1 fully saturated rings. The molecule has 0 atom stereocenters. The highest BCUT2D eigenvalue weighted by molar-refractivity contribution is 6.30. The van der Waals surface area contributed by atoms with Gasteiger partial charge in [0, 0.05) is 74.7 Å². The Labute approximate surface area is 242 Å². The van der Waals surface area contributed by atoms with Gasteiger partial charge in [-0.2, -0.15) is 0 Å². The largest absolute Gasteiger partial charge is 0.338 e. The average molecular weight is 559 g/mol. The van der Waals surface area contributed by atoms with Crippen LogP contribution >= 0.6 is 11.6 Å². The molecule has 5 rings (SSSR count). The number of para-hydroxylation sites is 1. The summed E-state index contributed by atoms with van der Waals surface area (Å²) in [6.07, 6.45) is 9.51. The number of hydrogen-bond donors (Lipinski definition) is 0. The SMILES string of the molecule is O=C(CCCc1ccncc1)N1CCCN(Cc2ccc(Cl)cc2)CCCN(C(=O)C2CC2)c2ccccc2C1. The minimum absolute atomic E-state index is 0.136. The highest BCUT2D eigenvalue weighted by atomic mass is 35.5. The second-order valence-corrected chi connectivity index (χ2v) is 11.5. The number of anilines is 1. The van der Waals surface area contributed by atoms with E-state index in [4.69, 9.17) is 11.6 Å². The molecule has 1 saturated carbocycles. The average Bonchev–Trinajstić information content (AvgIpc) is 3.82. The first-order valence-corrected chi connectivity index (χ1v) is 15.0. The van der Waals surface area contributed by atoms with Crippen molar-refractivity contribution >= 4 is 29.1 Å². The first-order valence-electron chi connectivity index (χ1n) is 14.6. The third-order valence-electron chi connectivity index (χ3n) is 7.87. The molecule has 1 aliphatic heterocycles. The highest BCUT2D eigenvalue weighted by Gasteiger charge is 2.35. The van der Waals surface area contributed by atoms with Gasteiger partial charge in [-0.1, -0.05) is 41.9 Å². The van der Waals surface area contributed by atoms with Gasteiger partial charge in [0.1, 0.15) is 0 Å². The summed E-state index contributed by atoms with van der Waals surface area (Å²) in [6, 6.07) is 20.2. The van der Waals surface area contributed by atoms with Crippen LogP contribution in [0.4, 0.5) is 5.69 Å². The van der Waals surface area contributed by atoms with E-state index >= 15 is 0 Å². The first-order chi connectivity index (χ1) is 19.6. The minimum Gasteiger partial charge on any atom is -0.338 e. The molecule has 7 heteroatoms. The first kappa shape index (κ1) is 28.3. The summed E-state index contributed by atoms with van der Waals surface area (Å²) in [6.45, 7) is 4.50. The number of pyridine rings is 1. The maximum absolute atomic E-state index is 13.6. The number of hydrogen-bond acceptors (Lipinski definition) is 4. The number of halogens is 1. The molecule has 0 bridgehead atoms. The number of rotatable bonds is 7. The van der Waals surface area contributed by atoms with Crippen LogP contribution < -0.4 is 4.90 Å². The van der Waals surface area contributed by atoms with E-state index in [1.54, 1.807) is 12.4 Å². The predicted molar refractivity (Wildman–Crippen MR) is 160 cm³/mol. The number of benzene rings is 2. The maximum atomic E-state index is 13.6. The molecule has 6 nitrogen and oxygen atoms in total. The molecule has 2 aromatic carbocycles. The molecular formula is C33H39ClN4O2. The van der Waals surface area contributed by atoms with Crippen LogP contribution in [0.5, 0.6) is 0 Å². The third kappa shape index (κ3) is 7.92. The van der Waals surface area contributed by atoms with Gasteiger partial charge >= 0.3 is 0 Å². The van der Waals surface area contributed by atoms with E-state index in [-0.39, 0.29) is 17.7 Å². The molecule has 1 aliphatic carbocycles. The van der Waals surface area contributed by atoms with Gasteiger partial charge < -0.3 is 9.80 Å². The molecule has 0 unspecified atom stereocenters. The lowest BCUT2D eigenvalue weighted by molar-refractivity contribution is -0.132. The Kier molecular flexibility index (Phi) is 9.85. The Balaban J connectivity index is 1.34. The number of carbonyl (C=O) groups is 2. The third-order valence-corrected chi connectivity index (χ3v) is 8.12. The Bertz CT molecular complexity index is 1260. The van der Waals surface area contributed by atoms with E-state index in [1.165, 1.54) is 11.1 Å². The predicted octanol–water partition coefficient (Wildman–Crippen LogP) is 6.13. The summed E-state index contributed by atoms with van der Waals surface area (Å²) < 4.78 is 0. The molecule has 2 amide bonds. The van der Waals surface area contributed by atoms with Gasteiger partial charge in [0.2, 0.25) is 11.8 Å². The molecule has 210 valence electrons. The number of nitrogens with zero attached hydrogens (tertiary/aromatic N) is 4. The quantitative estimate of drug-likeness (QED) is 0.350. The van der Waals surface area contributed by atoms with Crippen LogP contribution in [0, 0.1) is 5.92 Å². The lowest BCUT2D eigenvalue weighted by atomic mass is 10.1. The Morgan fingerprint density at radius 3 is 2.33 bits per heavy atom. The van der Waals surface area contributed by atoms with Crippen molar-refractivity contribution in [3.8, 4) is 0 Å². The van der Waals surface area contributed by atoms with Crippen molar-refractivity contribution in [1.29, 1.82) is 0 Å². The summed E-state index contributed by atoms with van der Waals surface area (Å²) in [5.41, 5.74) is 4.43. The fraction of sp³-hybridized carbons (Fsp3) is 0.424. The second kappa shape index (κ2) is 13.9. The number of carbonyl (C=O) groups excluding carboxylic acids is 2. The number of aromatic nitrogens is 1. The summed E-state index contributed by atoms with van der Waals surface area (Å²) in [5, 5.41) is 0.739. The van der Waals surface area contributed by atoms with Crippen LogP contribution in [-0.2, 0) is 29.1 Å². The van der Waals surface area contributed by atoms with Crippen LogP contribution in [0.2, 0.25) is 5.02 Å². The summed E-state index contributed by atoms with van der Waals surface area (Å²) in [4.78, 5) is 37.6. The normalized spacial score (nSPS) is 17.0. The number of amides is 2. The molecule has 3 aromatic rings. The van der Waals surface area contributed by atoms with Crippen molar-refractivity contribution in [2.45, 2.75) is 58.0 Å². The molecule has 0 spiro atoms. The van der Waals surface area contributed by atoms with E-state index in [2.05, 4.69) is 34.1 Å². The van der Waals surface area contributed by atoms with Gasteiger partial charge in [0.15, 0.2) is 0 Å². The summed E-state index contributed by atoms with van der Waals surface area (Å²) >= 11 is 6.12. The molecule has 2 heterocycles. The van der Waals surface area contributed by atoms with E-state index in [0.717, 1.165) is 74.4 Å². The number of fused-ring (bicyclic) bond motifs is 1. The van der Waals surface area contributed by atoms with E-state index in [1.807, 2.05) is 46.2 Å². The van der Waals surface area contributed by atoms with Gasteiger partial charge in [-0.05, 0) is 85.5 Å². The van der Waals surface area contributed by atoms with E-state index in [9.17, 15) is 9.59 Å². The Morgan fingerprint density at radius 2 is 1.57 bits per heavy atom. The van der Waals surface area contributed by atoms with E-state index in [0.29, 0.717) is 26.1 Å². The zero-order valence-electron chi connectivity index (χ0n) is 23.2. The fourth-order valence-electron chi connectivity index (χ4n) is 5.51. The highest BCUT2D eigenvalue weighted by Crippen LogP contribution is 2.34. The van der Waals surface area contributed by atoms with Crippen molar-refractivity contribution in [3.05, 3.63) is 94.8 Å². The van der Waals surface area contributed by atoms with Crippen LogP contribution in [-0.4, -0.2) is 52.8 Å². The van der Waals surface area contributed by atoms with Crippen LogP contribution in [0.25, 0.3) is 0 Å². The smallest absolute Gasteiger partial charge is 0.230 e. The van der Waals surface area contributed by atoms with Gasteiger partial charge in [-0.3, -0.25) is 19.5 Å². The van der Waals surface area contributed by atoms with Crippen molar-refractivity contribution in [2.24, 2.45) is 5.92 Å². The standard InChI is InChI=1S/C33H39ClN4O2/c34-30-14-10-27(11-15-30)24-36-20-4-22-37(32(39)9-3-6-26-16-18-35-19-17-26)25-29-7-1-2-8-31(29)38(23-5-21-36)33(40)28-12-13-28/h1-2,7-8,10-11,14-19,28H,3-6,9,12-13,20-25H2. The lowest BCUT2D eigenvalue weighted by Crippen LogP contribution is -2.39. The molecular weight excluding hydrogens is 520 g/mol. The number of aryl methyl sites for hydroxylation is 1. The molecule has 2 aliphatic rings. The maximum Gasteiger partial charge on any atom is 0.230 e. The zero-order chi connectivity index (χ0) is 27.7. The lowest BCUT2D eigenvalue weighted by Gasteiger charge is -2.32. The zero-order valence-corrected chi connectivity index (χ0v) is 23.9. The van der Waals surface area contributed by atoms with E-state index < -0.39 is 0 Å². The Hall–Kier alpha value is -3.22. The monoisotopic (exact) mass is 558 g/mol. The minimum atomic E-state index is 0.136. The van der Waals surface area contributed by atoms with Gasteiger partial charge in [-0.25, -0.2) is 0 Å². The molecule has 1 aromatic heterocycles. The molecule has 0 radical (unpaired) electrons. The van der Waals surface area contributed by atoms with Gasteiger partial charge in [0.25, 0.3) is 0 Å². The summed E-state index contributed by atoms with van der Waals surface area (Å²) in [5.74, 6) is 0.534.